The van der Waals surface area contributed by atoms with Crippen molar-refractivity contribution in [3.8, 4) is 0 Å². The highest BCUT2D eigenvalue weighted by Crippen LogP contribution is 2.41. The Hall–Kier alpha value is -5.50. The second kappa shape index (κ2) is 23.1. The fourth-order valence-corrected chi connectivity index (χ4v) is 9.03. The van der Waals surface area contributed by atoms with Gasteiger partial charge in [0.05, 0.1) is 19.3 Å². The summed E-state index contributed by atoms with van der Waals surface area (Å²) in [6.07, 6.45) is 17.8. The summed E-state index contributed by atoms with van der Waals surface area (Å²) in [6.45, 7) is 5.43. The molecule has 0 radical (unpaired) electrons. The number of aliphatic carboxylic acids is 1. The highest BCUT2D eigenvalue weighted by atomic mass is 16.4. The Morgan fingerprint density at radius 1 is 0.723 bits per heavy atom. The highest BCUT2D eigenvalue weighted by Gasteiger charge is 2.30. The topological polar surface area (TPSA) is 183 Å². The summed E-state index contributed by atoms with van der Waals surface area (Å²) in [5.41, 5.74) is 17.1. The van der Waals surface area contributed by atoms with Crippen LogP contribution in [0.1, 0.15) is 108 Å². The average molecular weight is 887 g/mol. The fraction of sp³-hybridized carbons (Fsp3) is 0.500. The van der Waals surface area contributed by atoms with Crippen LogP contribution in [0.5, 0.6) is 0 Å². The van der Waals surface area contributed by atoms with Gasteiger partial charge in [0.15, 0.2) is 0 Å². The number of fused-ring (bicyclic) bond motifs is 2. The molecular weight excluding hydrogens is 817 g/mol. The van der Waals surface area contributed by atoms with Crippen molar-refractivity contribution in [3.05, 3.63) is 118 Å². The predicted molar refractivity (Wildman–Crippen MR) is 257 cm³/mol. The van der Waals surface area contributed by atoms with Crippen LogP contribution in [-0.2, 0) is 44.9 Å². The molecule has 2 aliphatic heterocycles. The normalized spacial score (nSPS) is 16.8. The molecule has 4 atom stereocenters. The number of carboxylic acids is 1. The molecular formula is C52H70N8O5. The zero-order valence-corrected chi connectivity index (χ0v) is 39.2. The van der Waals surface area contributed by atoms with Gasteiger partial charge in [0, 0.05) is 67.8 Å². The lowest BCUT2D eigenvalue weighted by Crippen LogP contribution is -2.42. The number of nitrogens with one attached hydrogen (secondary N) is 3. The van der Waals surface area contributed by atoms with Gasteiger partial charge < -0.3 is 36.6 Å². The van der Waals surface area contributed by atoms with E-state index >= 15 is 0 Å². The van der Waals surface area contributed by atoms with Crippen molar-refractivity contribution in [2.75, 3.05) is 51.9 Å². The fourth-order valence-electron chi connectivity index (χ4n) is 9.03. The first-order valence-electron chi connectivity index (χ1n) is 23.3. The number of nitrogens with two attached hydrogens (primary N) is 1. The van der Waals surface area contributed by atoms with Crippen LogP contribution in [-0.4, -0.2) is 102 Å². The van der Waals surface area contributed by atoms with Gasteiger partial charge in [0.1, 0.15) is 0 Å². The molecule has 6 N–H and O–H groups in total. The van der Waals surface area contributed by atoms with Crippen LogP contribution in [0.25, 0.3) is 0 Å². The second-order valence-corrected chi connectivity index (χ2v) is 19.0. The van der Waals surface area contributed by atoms with Gasteiger partial charge >= 0.3 is 5.97 Å². The number of rotatable bonds is 19. The molecule has 8 rings (SSSR count). The molecule has 2 aliphatic carbocycles. The zero-order chi connectivity index (χ0) is 46.6. The monoisotopic (exact) mass is 887 g/mol. The highest BCUT2D eigenvalue weighted by molar-refractivity contribution is 6.00. The van der Waals surface area contributed by atoms with Crippen LogP contribution in [0, 0.1) is 25.7 Å². The number of carbonyl (C=O) groups is 4. The Balaban J connectivity index is 0.000000178. The van der Waals surface area contributed by atoms with Crippen molar-refractivity contribution >= 4 is 35.1 Å². The van der Waals surface area contributed by atoms with Crippen LogP contribution >= 0.6 is 0 Å². The summed E-state index contributed by atoms with van der Waals surface area (Å²) in [4.78, 5) is 59.4. The molecule has 0 unspecified atom stereocenters. The van der Waals surface area contributed by atoms with E-state index in [0.29, 0.717) is 38.4 Å². The third-order valence-electron chi connectivity index (χ3n) is 13.6. The molecule has 2 fully saturated rings. The van der Waals surface area contributed by atoms with Crippen molar-refractivity contribution in [1.82, 2.24) is 25.1 Å². The number of carbonyl (C=O) groups excluding carboxylic acids is 3. The van der Waals surface area contributed by atoms with Gasteiger partial charge in [-0.05, 0) is 160 Å². The number of hydrogen-bond donors (Lipinski definition) is 5. The summed E-state index contributed by atoms with van der Waals surface area (Å²) in [5.74, 6) is 1.42. The predicted octanol–water partition coefficient (Wildman–Crippen LogP) is 6.81. The number of hydrogen-bond acceptors (Lipinski definition) is 9. The lowest BCUT2D eigenvalue weighted by molar-refractivity contribution is -0.137. The van der Waals surface area contributed by atoms with Gasteiger partial charge in [0.25, 0.3) is 0 Å². The summed E-state index contributed by atoms with van der Waals surface area (Å²) in [6, 6.07) is 16.6. The first-order chi connectivity index (χ1) is 31.2. The number of anilines is 2. The molecule has 0 spiro atoms. The number of likely N-dealkylation sites (N-methyl/N-ethyl adjacent to an activating group) is 2. The molecule has 2 saturated carbocycles. The van der Waals surface area contributed by atoms with E-state index in [-0.39, 0.29) is 42.0 Å². The van der Waals surface area contributed by atoms with Gasteiger partial charge in [-0.2, -0.15) is 0 Å². The molecule has 13 nitrogen and oxygen atoms in total. The molecule has 348 valence electrons. The smallest absolute Gasteiger partial charge is 0.303 e. The van der Waals surface area contributed by atoms with Gasteiger partial charge in [-0.25, -0.2) is 0 Å². The molecule has 4 aliphatic rings. The van der Waals surface area contributed by atoms with Crippen LogP contribution in [0.4, 0.5) is 11.4 Å². The summed E-state index contributed by atoms with van der Waals surface area (Å²) >= 11 is 0. The van der Waals surface area contributed by atoms with Crippen molar-refractivity contribution in [2.24, 2.45) is 17.6 Å². The third-order valence-corrected chi connectivity index (χ3v) is 13.6. The zero-order valence-electron chi connectivity index (χ0n) is 39.2. The molecule has 65 heavy (non-hydrogen) atoms. The number of pyridine rings is 2. The largest absolute Gasteiger partial charge is 0.481 e. The first kappa shape index (κ1) is 48.9. The molecule has 0 bridgehead atoms. The van der Waals surface area contributed by atoms with E-state index in [4.69, 9.17) is 10.8 Å². The minimum atomic E-state index is -0.718. The maximum Gasteiger partial charge on any atom is 0.303 e. The third kappa shape index (κ3) is 14.5. The van der Waals surface area contributed by atoms with E-state index in [9.17, 15) is 19.2 Å². The standard InChI is InChI=1S/C26H34N4O2.C14H21N3O.C12H15NO2/c1-17-19(8-9-24-23(17)14-26(32)29-24)12-22(30(2)3)16-28-25(31)13-21(11-18-6-7-18)20-5-4-10-27-15-20;1-9-10(6-11(8-15)17(2)3)4-5-13-12(9)7-14(18)16-13;14-12(15)7-11(6-9-3-4-9)10-2-1-5-13-8-10/h4-5,8-10,15,18,21-22H,6-7,11-14,16H2,1-3H3,(H,28,31)(H,29,32);4-5,11H,6-8,15H2,1-3H3,(H,16,18);1-2,5,8-9,11H,3-4,6-7H2,(H,14,15)/t21-,22+;2*11-/m101/s1. The van der Waals surface area contributed by atoms with Crippen LogP contribution in [0.3, 0.4) is 0 Å². The first-order valence-corrected chi connectivity index (χ1v) is 23.3. The van der Waals surface area contributed by atoms with Crippen molar-refractivity contribution in [1.29, 1.82) is 0 Å². The van der Waals surface area contributed by atoms with Gasteiger partial charge in [-0.1, -0.05) is 49.9 Å². The molecule has 2 aromatic carbocycles. The van der Waals surface area contributed by atoms with Crippen LogP contribution < -0.4 is 21.7 Å². The van der Waals surface area contributed by atoms with Crippen molar-refractivity contribution in [3.63, 3.8) is 0 Å². The van der Waals surface area contributed by atoms with Crippen molar-refractivity contribution in [2.45, 2.75) is 115 Å². The number of nitrogens with zero attached hydrogens (tertiary/aromatic N) is 4. The maximum absolute atomic E-state index is 12.9. The minimum absolute atomic E-state index is 0.0611. The van der Waals surface area contributed by atoms with Gasteiger partial charge in [-0.15, -0.1) is 0 Å². The Bertz CT molecular complexity index is 2240. The van der Waals surface area contributed by atoms with E-state index < -0.39 is 5.97 Å². The second-order valence-electron chi connectivity index (χ2n) is 19.0. The van der Waals surface area contributed by atoms with Gasteiger partial charge in [-0.3, -0.25) is 29.1 Å². The van der Waals surface area contributed by atoms with Gasteiger partial charge in [0.2, 0.25) is 17.7 Å². The van der Waals surface area contributed by atoms with E-state index in [1.54, 1.807) is 18.6 Å². The van der Waals surface area contributed by atoms with Crippen LogP contribution in [0.2, 0.25) is 0 Å². The summed E-state index contributed by atoms with van der Waals surface area (Å²) in [5, 5.41) is 17.8. The van der Waals surface area contributed by atoms with E-state index in [1.165, 1.54) is 47.9 Å². The van der Waals surface area contributed by atoms with E-state index in [1.807, 2.05) is 50.6 Å². The Morgan fingerprint density at radius 2 is 1.18 bits per heavy atom. The Morgan fingerprint density at radius 3 is 1.58 bits per heavy atom. The summed E-state index contributed by atoms with van der Waals surface area (Å²) in [7, 11) is 8.20. The lowest BCUT2D eigenvalue weighted by atomic mass is 9.91. The lowest BCUT2D eigenvalue weighted by Gasteiger charge is -2.26. The molecule has 4 aromatic rings. The molecule has 3 amide bonds. The molecule has 4 heterocycles. The number of amides is 3. The Labute approximate surface area is 385 Å². The molecule has 13 heteroatoms. The summed E-state index contributed by atoms with van der Waals surface area (Å²) < 4.78 is 0. The van der Waals surface area contributed by atoms with E-state index in [0.717, 1.165) is 71.1 Å². The molecule has 0 saturated heterocycles. The van der Waals surface area contributed by atoms with Crippen LogP contribution in [0.15, 0.2) is 73.3 Å². The molecule has 2 aromatic heterocycles. The van der Waals surface area contributed by atoms with E-state index in [2.05, 4.69) is 81.9 Å². The SMILES string of the molecule is Cc1c(C[C@@H](CN)N(C)C)ccc2c1CC(=O)N2.Cc1c(C[C@@H](CNC(=O)C[C@@H](CC2CC2)c2cccnc2)N(C)C)ccc2c1CC(=O)N2.O=C(O)C[C@@H](CC1CC1)c1cccnc1. The number of benzene rings is 2. The average Bonchev–Trinajstić information content (AvgIpc) is 4.21. The number of carboxylic acid groups (broad SMARTS) is 1. The quantitative estimate of drug-likeness (QED) is 0.0671. The minimum Gasteiger partial charge on any atom is -0.481 e. The van der Waals surface area contributed by atoms with Crippen molar-refractivity contribution < 1.29 is 24.3 Å². The Kier molecular flexibility index (Phi) is 17.4. The number of aromatic nitrogens is 2. The maximum atomic E-state index is 12.9.